The molecule has 0 N–H and O–H groups in total. The van der Waals surface area contributed by atoms with E-state index in [-0.39, 0.29) is 11.0 Å². The number of aryl methyl sites for hydroxylation is 1. The zero-order valence-corrected chi connectivity index (χ0v) is 8.97. The van der Waals surface area contributed by atoms with Gasteiger partial charge in [-0.05, 0) is 13.8 Å². The number of hydrogen-bond acceptors (Lipinski definition) is 2. The van der Waals surface area contributed by atoms with Gasteiger partial charge >= 0.3 is 0 Å². The van der Waals surface area contributed by atoms with E-state index in [1.807, 2.05) is 34.6 Å². The molecular weight excluding hydrogens is 166 g/mol. The number of rotatable bonds is 1. The molecule has 0 saturated carbocycles. The summed E-state index contributed by atoms with van der Waals surface area (Å²) in [6.07, 6.45) is 0. The molecule has 0 aromatic carbocycles. The molecule has 0 bridgehead atoms. The van der Waals surface area contributed by atoms with Gasteiger partial charge in [-0.3, -0.25) is 4.79 Å². The summed E-state index contributed by atoms with van der Waals surface area (Å²) in [6, 6.07) is 0. The lowest BCUT2D eigenvalue weighted by molar-refractivity contribution is 0.225. The van der Waals surface area contributed by atoms with Crippen LogP contribution in [0.3, 0.4) is 0 Å². The summed E-state index contributed by atoms with van der Waals surface area (Å²) >= 11 is 0. The lowest BCUT2D eigenvalue weighted by atomic mass is 9.91. The third-order valence-electron chi connectivity index (χ3n) is 2.06. The van der Waals surface area contributed by atoms with Gasteiger partial charge in [-0.1, -0.05) is 20.8 Å². The zero-order valence-electron chi connectivity index (χ0n) is 8.97. The summed E-state index contributed by atoms with van der Waals surface area (Å²) in [5, 5.41) is 0. The van der Waals surface area contributed by atoms with E-state index in [1.165, 1.54) is 4.74 Å². The van der Waals surface area contributed by atoms with Crippen molar-refractivity contribution in [2.24, 2.45) is 0 Å². The second-order valence-electron chi connectivity index (χ2n) is 4.30. The zero-order chi connectivity index (χ0) is 10.2. The van der Waals surface area contributed by atoms with Gasteiger partial charge in [-0.2, -0.15) is 4.74 Å². The minimum atomic E-state index is -0.0936. The molecule has 0 aliphatic rings. The van der Waals surface area contributed by atoms with Gasteiger partial charge in [0.2, 0.25) is 0 Å². The maximum Gasteiger partial charge on any atom is 0.285 e. The third kappa shape index (κ3) is 1.69. The van der Waals surface area contributed by atoms with Crippen molar-refractivity contribution in [1.82, 2.24) is 4.74 Å². The fourth-order valence-electron chi connectivity index (χ4n) is 1.41. The first kappa shape index (κ1) is 10.1. The second kappa shape index (κ2) is 3.05. The van der Waals surface area contributed by atoms with Gasteiger partial charge in [0.25, 0.3) is 5.56 Å². The Hall–Kier alpha value is -0.990. The van der Waals surface area contributed by atoms with Gasteiger partial charge < -0.3 is 4.52 Å². The summed E-state index contributed by atoms with van der Waals surface area (Å²) in [4.78, 5) is 11.5. The molecule has 1 aromatic heterocycles. The largest absolute Gasteiger partial charge is 0.380 e. The SMILES string of the molecule is CCn1oc(C(C)(C)C)c(C)c1=O. The van der Waals surface area contributed by atoms with E-state index in [4.69, 9.17) is 4.52 Å². The molecule has 3 nitrogen and oxygen atoms in total. The summed E-state index contributed by atoms with van der Waals surface area (Å²) in [6.45, 7) is 10.4. The normalized spacial score (nSPS) is 12.1. The topological polar surface area (TPSA) is 35.1 Å². The van der Waals surface area contributed by atoms with Gasteiger partial charge in [0.05, 0.1) is 12.1 Å². The Bertz CT molecular complexity index is 352. The van der Waals surface area contributed by atoms with E-state index in [0.29, 0.717) is 6.54 Å². The highest BCUT2D eigenvalue weighted by atomic mass is 16.5. The Morgan fingerprint density at radius 3 is 2.15 bits per heavy atom. The van der Waals surface area contributed by atoms with Crippen LogP contribution in [-0.2, 0) is 12.0 Å². The fraction of sp³-hybridized carbons (Fsp3) is 0.700. The van der Waals surface area contributed by atoms with Crippen LogP contribution in [0.5, 0.6) is 0 Å². The molecule has 0 spiro atoms. The van der Waals surface area contributed by atoms with E-state index < -0.39 is 0 Å². The minimum Gasteiger partial charge on any atom is -0.380 e. The van der Waals surface area contributed by atoms with Gasteiger partial charge in [0.15, 0.2) is 0 Å². The molecule has 0 atom stereocenters. The van der Waals surface area contributed by atoms with E-state index in [2.05, 4.69) is 0 Å². The minimum absolute atomic E-state index is 0.00701. The highest BCUT2D eigenvalue weighted by Gasteiger charge is 2.24. The van der Waals surface area contributed by atoms with E-state index in [0.717, 1.165) is 11.3 Å². The second-order valence-corrected chi connectivity index (χ2v) is 4.30. The number of aromatic nitrogens is 1. The summed E-state index contributed by atoms with van der Waals surface area (Å²) in [5.41, 5.74) is 0.630. The molecular formula is C10H17NO2. The van der Waals surface area contributed by atoms with Gasteiger partial charge in [0, 0.05) is 5.41 Å². The molecule has 0 aliphatic heterocycles. The van der Waals surface area contributed by atoms with Gasteiger partial charge in [-0.15, -0.1) is 0 Å². The van der Waals surface area contributed by atoms with Crippen molar-refractivity contribution in [3.8, 4) is 0 Å². The van der Waals surface area contributed by atoms with Crippen LogP contribution in [0.15, 0.2) is 9.32 Å². The average Bonchev–Trinajstić information content (AvgIpc) is 2.28. The molecule has 0 saturated heterocycles. The Labute approximate surface area is 78.3 Å². The molecule has 1 aromatic rings. The van der Waals surface area contributed by atoms with Gasteiger partial charge in [0.1, 0.15) is 5.76 Å². The highest BCUT2D eigenvalue weighted by Crippen LogP contribution is 2.23. The van der Waals surface area contributed by atoms with Crippen LogP contribution in [-0.4, -0.2) is 4.74 Å². The Morgan fingerprint density at radius 1 is 1.38 bits per heavy atom. The molecule has 0 fully saturated rings. The van der Waals surface area contributed by atoms with Crippen LogP contribution in [0.4, 0.5) is 0 Å². The van der Waals surface area contributed by atoms with Crippen LogP contribution < -0.4 is 5.56 Å². The smallest absolute Gasteiger partial charge is 0.285 e. The highest BCUT2D eigenvalue weighted by molar-refractivity contribution is 5.19. The van der Waals surface area contributed by atoms with Crippen molar-refractivity contribution in [2.45, 2.75) is 46.6 Å². The molecule has 0 amide bonds. The standard InChI is InChI=1S/C10H17NO2/c1-6-11-9(12)7(2)8(13-11)10(3,4)5/h6H2,1-5H3. The first-order valence-electron chi connectivity index (χ1n) is 4.59. The van der Waals surface area contributed by atoms with Crippen molar-refractivity contribution in [2.75, 3.05) is 0 Å². The molecule has 0 unspecified atom stereocenters. The fourth-order valence-corrected chi connectivity index (χ4v) is 1.41. The maximum absolute atomic E-state index is 11.5. The molecule has 3 heteroatoms. The molecule has 1 rings (SSSR count). The lowest BCUT2D eigenvalue weighted by Crippen LogP contribution is -2.15. The van der Waals surface area contributed by atoms with Crippen LogP contribution in [0.25, 0.3) is 0 Å². The van der Waals surface area contributed by atoms with Crippen LogP contribution in [0.1, 0.15) is 39.0 Å². The number of nitrogens with zero attached hydrogens (tertiary/aromatic N) is 1. The van der Waals surface area contributed by atoms with Crippen LogP contribution >= 0.6 is 0 Å². The summed E-state index contributed by atoms with van der Waals surface area (Å²) in [5.74, 6) is 0.791. The molecule has 1 heterocycles. The first-order valence-corrected chi connectivity index (χ1v) is 4.59. The van der Waals surface area contributed by atoms with Crippen molar-refractivity contribution in [3.63, 3.8) is 0 Å². The lowest BCUT2D eigenvalue weighted by Gasteiger charge is -2.14. The Kier molecular flexibility index (Phi) is 2.37. The van der Waals surface area contributed by atoms with Crippen LogP contribution in [0.2, 0.25) is 0 Å². The van der Waals surface area contributed by atoms with E-state index >= 15 is 0 Å². The van der Waals surface area contributed by atoms with Crippen LogP contribution in [0, 0.1) is 6.92 Å². The Morgan fingerprint density at radius 2 is 1.92 bits per heavy atom. The predicted molar refractivity (Wildman–Crippen MR) is 52.1 cm³/mol. The first-order chi connectivity index (χ1) is 5.88. The van der Waals surface area contributed by atoms with Gasteiger partial charge in [-0.25, -0.2) is 0 Å². The number of hydrogen-bond donors (Lipinski definition) is 0. The summed E-state index contributed by atoms with van der Waals surface area (Å²) < 4.78 is 6.86. The molecule has 74 valence electrons. The molecule has 0 aliphatic carbocycles. The van der Waals surface area contributed by atoms with Crippen molar-refractivity contribution in [1.29, 1.82) is 0 Å². The predicted octanol–water partition coefficient (Wildman–Crippen LogP) is 2.07. The van der Waals surface area contributed by atoms with Crippen molar-refractivity contribution >= 4 is 0 Å². The third-order valence-corrected chi connectivity index (χ3v) is 2.06. The average molecular weight is 183 g/mol. The van der Waals surface area contributed by atoms with E-state index in [9.17, 15) is 4.79 Å². The van der Waals surface area contributed by atoms with Crippen molar-refractivity contribution in [3.05, 3.63) is 21.7 Å². The Balaban J connectivity index is 3.34. The monoisotopic (exact) mass is 183 g/mol. The quantitative estimate of drug-likeness (QED) is 0.668. The van der Waals surface area contributed by atoms with E-state index in [1.54, 1.807) is 0 Å². The van der Waals surface area contributed by atoms with Crippen molar-refractivity contribution < 1.29 is 4.52 Å². The molecule has 13 heavy (non-hydrogen) atoms. The molecule has 0 radical (unpaired) electrons. The summed E-state index contributed by atoms with van der Waals surface area (Å²) in [7, 11) is 0. The maximum atomic E-state index is 11.5.